The molecule has 11 nitrogen and oxygen atoms in total. The third-order valence-electron chi connectivity index (χ3n) is 8.39. The van der Waals surface area contributed by atoms with Gasteiger partial charge in [-0.15, -0.1) is 0 Å². The number of amides is 1. The number of hydrogen-bond acceptors (Lipinski definition) is 8. The van der Waals surface area contributed by atoms with Crippen molar-refractivity contribution in [1.29, 1.82) is 0 Å². The topological polar surface area (TPSA) is 143 Å². The lowest BCUT2D eigenvalue weighted by Gasteiger charge is -2.35. The summed E-state index contributed by atoms with van der Waals surface area (Å²) in [7, 11) is -6.42. The Bertz CT molecular complexity index is 1790. The first-order valence-electron chi connectivity index (χ1n) is 16.0. The van der Waals surface area contributed by atoms with Crippen LogP contribution in [0.25, 0.3) is 0 Å². The molecule has 3 aromatic carbocycles. The molecule has 0 saturated heterocycles. The fourth-order valence-corrected chi connectivity index (χ4v) is 7.90. The van der Waals surface area contributed by atoms with Gasteiger partial charge >= 0.3 is 0 Å². The molecular formula is C34H43Cl2N3O8S2. The summed E-state index contributed by atoms with van der Waals surface area (Å²) in [5, 5.41) is 11.0. The number of hydrogen-bond donors (Lipinski definition) is 2. The number of rotatable bonds is 9. The van der Waals surface area contributed by atoms with Gasteiger partial charge in [-0.3, -0.25) is 9.52 Å². The molecule has 1 aliphatic rings. The number of benzene rings is 3. The lowest BCUT2D eigenvalue weighted by molar-refractivity contribution is -0.00833. The van der Waals surface area contributed by atoms with Crippen molar-refractivity contribution in [3.63, 3.8) is 0 Å². The number of fused-ring (bicyclic) bond motifs is 1. The van der Waals surface area contributed by atoms with Gasteiger partial charge in [0.25, 0.3) is 15.9 Å². The molecule has 0 spiro atoms. The second-order valence-electron chi connectivity index (χ2n) is 12.3. The Labute approximate surface area is 299 Å². The van der Waals surface area contributed by atoms with Gasteiger partial charge in [-0.05, 0) is 99.8 Å². The van der Waals surface area contributed by atoms with Gasteiger partial charge in [-0.2, -0.15) is 4.31 Å². The van der Waals surface area contributed by atoms with Crippen LogP contribution in [0.4, 0.5) is 5.69 Å². The van der Waals surface area contributed by atoms with Gasteiger partial charge in [0.15, 0.2) is 0 Å². The van der Waals surface area contributed by atoms with E-state index in [1.165, 1.54) is 76.9 Å². The van der Waals surface area contributed by atoms with E-state index >= 15 is 0 Å². The van der Waals surface area contributed by atoms with E-state index < -0.39 is 44.0 Å². The normalized spacial score (nSPS) is 20.6. The Balaban J connectivity index is 1.67. The maximum Gasteiger partial charge on any atom is 0.261 e. The van der Waals surface area contributed by atoms with Crippen molar-refractivity contribution in [2.75, 3.05) is 38.1 Å². The summed E-state index contributed by atoms with van der Waals surface area (Å²) in [6.45, 7) is 5.55. The van der Waals surface area contributed by atoms with Crippen molar-refractivity contribution in [2.45, 2.75) is 68.1 Å². The summed E-state index contributed by atoms with van der Waals surface area (Å²) >= 11 is 11.9. The van der Waals surface area contributed by atoms with Crippen molar-refractivity contribution in [2.24, 2.45) is 5.92 Å². The molecule has 0 saturated carbocycles. The minimum absolute atomic E-state index is 0.00776. The van der Waals surface area contributed by atoms with Crippen LogP contribution in [0, 0.1) is 5.92 Å². The number of carbonyl (C=O) groups is 1. The van der Waals surface area contributed by atoms with Crippen molar-refractivity contribution >= 4 is 54.8 Å². The molecular weight excluding hydrogens is 713 g/mol. The molecule has 0 aromatic heterocycles. The largest absolute Gasteiger partial charge is 0.490 e. The molecule has 2 N–H and O–H groups in total. The van der Waals surface area contributed by atoms with Gasteiger partial charge in [0.2, 0.25) is 10.0 Å². The zero-order valence-corrected chi connectivity index (χ0v) is 31.0. The summed E-state index contributed by atoms with van der Waals surface area (Å²) in [5.74, 6) is -0.617. The fourth-order valence-electron chi connectivity index (χ4n) is 5.41. The van der Waals surface area contributed by atoms with Gasteiger partial charge in [-0.1, -0.05) is 30.1 Å². The van der Waals surface area contributed by atoms with Crippen molar-refractivity contribution in [3.05, 3.63) is 82.3 Å². The molecule has 4 rings (SSSR count). The van der Waals surface area contributed by atoms with Crippen LogP contribution in [0.5, 0.6) is 5.75 Å². The number of ether oxygens (including phenoxy) is 2. The molecule has 0 fully saturated rings. The minimum atomic E-state index is -4.02. The summed E-state index contributed by atoms with van der Waals surface area (Å²) in [6, 6.07) is 15.5. The van der Waals surface area contributed by atoms with Gasteiger partial charge in [-0.25, -0.2) is 16.8 Å². The number of nitrogens with zero attached hydrogens (tertiary/aromatic N) is 2. The number of sulfonamides is 2. The van der Waals surface area contributed by atoms with Crippen molar-refractivity contribution < 1.29 is 36.2 Å². The predicted molar refractivity (Wildman–Crippen MR) is 190 cm³/mol. The number of likely N-dealkylation sites (N-methyl/N-ethyl adjacent to an activating group) is 1. The number of halogens is 2. The predicted octanol–water partition coefficient (Wildman–Crippen LogP) is 5.91. The van der Waals surface area contributed by atoms with Crippen LogP contribution >= 0.6 is 23.2 Å². The summed E-state index contributed by atoms with van der Waals surface area (Å²) in [4.78, 5) is 15.9. The van der Waals surface area contributed by atoms with E-state index in [1.54, 1.807) is 13.0 Å². The number of aliphatic hydroxyl groups excluding tert-OH is 1. The quantitative estimate of drug-likeness (QED) is 0.275. The Kier molecular flexibility index (Phi) is 13.4. The average molecular weight is 757 g/mol. The van der Waals surface area contributed by atoms with Gasteiger partial charge in [0.1, 0.15) is 5.75 Å². The summed E-state index contributed by atoms with van der Waals surface area (Å²) < 4.78 is 69.5. The van der Waals surface area contributed by atoms with E-state index in [4.69, 9.17) is 32.7 Å². The highest BCUT2D eigenvalue weighted by Gasteiger charge is 2.32. The Morgan fingerprint density at radius 2 is 1.57 bits per heavy atom. The first-order valence-corrected chi connectivity index (χ1v) is 19.6. The highest BCUT2D eigenvalue weighted by Crippen LogP contribution is 2.30. The Morgan fingerprint density at radius 1 is 0.959 bits per heavy atom. The van der Waals surface area contributed by atoms with Crippen LogP contribution in [-0.4, -0.2) is 88.7 Å². The van der Waals surface area contributed by atoms with Crippen LogP contribution < -0.4 is 9.46 Å². The molecule has 3 aromatic rings. The maximum atomic E-state index is 14.4. The van der Waals surface area contributed by atoms with Crippen molar-refractivity contribution in [1.82, 2.24) is 9.21 Å². The van der Waals surface area contributed by atoms with Gasteiger partial charge in [0, 0.05) is 48.4 Å². The van der Waals surface area contributed by atoms with Crippen LogP contribution in [0.2, 0.25) is 10.0 Å². The van der Waals surface area contributed by atoms with E-state index in [0.29, 0.717) is 29.5 Å². The van der Waals surface area contributed by atoms with Gasteiger partial charge in [0.05, 0.1) is 40.2 Å². The monoisotopic (exact) mass is 755 g/mol. The van der Waals surface area contributed by atoms with Crippen LogP contribution in [-0.2, 0) is 24.8 Å². The Morgan fingerprint density at radius 3 is 2.18 bits per heavy atom. The molecule has 1 heterocycles. The minimum Gasteiger partial charge on any atom is -0.490 e. The molecule has 0 radical (unpaired) electrons. The lowest BCUT2D eigenvalue weighted by atomic mass is 10.0. The highest BCUT2D eigenvalue weighted by atomic mass is 35.5. The van der Waals surface area contributed by atoms with Gasteiger partial charge < -0.3 is 19.5 Å². The molecule has 0 bridgehead atoms. The maximum absolute atomic E-state index is 14.4. The molecule has 0 unspecified atom stereocenters. The molecule has 49 heavy (non-hydrogen) atoms. The molecule has 4 atom stereocenters. The SMILES string of the molecule is C[C@H]1CCCCO[C@@H](CN(C)S(=O)(=O)c2ccc(Cl)cc2)[C@@H](C)CN([C@@H](C)CO)C(=O)c2cc(NS(=O)(=O)c3ccc(Cl)cc3)ccc2O1. The van der Waals surface area contributed by atoms with Crippen LogP contribution in [0.1, 0.15) is 50.4 Å². The zero-order chi connectivity index (χ0) is 35.9. The van der Waals surface area contributed by atoms with Crippen LogP contribution in [0.3, 0.4) is 0 Å². The zero-order valence-electron chi connectivity index (χ0n) is 27.9. The van der Waals surface area contributed by atoms with Crippen molar-refractivity contribution in [3.8, 4) is 5.75 Å². The Hall–Kier alpha value is -2.91. The number of aliphatic hydroxyl groups is 1. The number of carbonyl (C=O) groups excluding carboxylic acids is 1. The first kappa shape index (κ1) is 38.9. The number of nitrogens with one attached hydrogen (secondary N) is 1. The summed E-state index contributed by atoms with van der Waals surface area (Å²) in [5.41, 5.74) is 0.243. The average Bonchev–Trinajstić information content (AvgIpc) is 3.06. The molecule has 1 amide bonds. The van der Waals surface area contributed by atoms with E-state index in [-0.39, 0.29) is 52.6 Å². The third kappa shape index (κ3) is 10.1. The van der Waals surface area contributed by atoms with E-state index in [9.17, 15) is 26.7 Å². The third-order valence-corrected chi connectivity index (χ3v) is 12.1. The molecule has 1 aliphatic heterocycles. The molecule has 0 aliphatic carbocycles. The fraction of sp³-hybridized carbons (Fsp3) is 0.441. The number of anilines is 1. The first-order chi connectivity index (χ1) is 23.1. The lowest BCUT2D eigenvalue weighted by Crippen LogP contribution is -2.48. The van der Waals surface area contributed by atoms with E-state index in [2.05, 4.69) is 4.72 Å². The molecule has 268 valence electrons. The van der Waals surface area contributed by atoms with Crippen LogP contribution in [0.15, 0.2) is 76.5 Å². The standard InChI is InChI=1S/C34H43Cl2N3O8S2/c1-23-20-39(24(2)22-40)34(41)31-19-28(37-48(42,43)29-13-8-26(35)9-14-29)12-17-32(31)47-25(3)7-5-6-18-46-33(23)21-38(4)49(44,45)30-15-10-27(36)11-16-30/h8-17,19,23-25,33,37,40H,5-7,18,20-22H2,1-4H3/t23-,24-,25-,33-/m0/s1. The second kappa shape index (κ2) is 16.9. The smallest absolute Gasteiger partial charge is 0.261 e. The second-order valence-corrected chi connectivity index (χ2v) is 16.9. The molecule has 15 heteroatoms. The highest BCUT2D eigenvalue weighted by molar-refractivity contribution is 7.92. The van der Waals surface area contributed by atoms with E-state index in [0.717, 1.165) is 6.42 Å². The van der Waals surface area contributed by atoms with E-state index in [1.807, 2.05) is 13.8 Å². The summed E-state index contributed by atoms with van der Waals surface area (Å²) in [6.07, 6.45) is 1.18.